The van der Waals surface area contributed by atoms with Crippen molar-refractivity contribution in [2.75, 3.05) is 39.1 Å². The van der Waals surface area contributed by atoms with Crippen LogP contribution in [0.3, 0.4) is 0 Å². The molecule has 0 saturated carbocycles. The van der Waals surface area contributed by atoms with Gasteiger partial charge in [-0.25, -0.2) is 17.2 Å². The van der Waals surface area contributed by atoms with Crippen LogP contribution in [-0.2, 0) is 14.9 Å². The molecule has 230 valence electrons. The first kappa shape index (κ1) is 40.8. The topological polar surface area (TPSA) is 89.9 Å². The van der Waals surface area contributed by atoms with E-state index in [9.17, 15) is 88.3 Å². The SMILES string of the molecule is CN(CCS(=O)(=O)[O-])CC(O)COCC(F)(F)C(F)(F)C(F)(F)C(F)(F)C(F)(F)C(F)(F)C(F)(F)C(F)F.[Na+]. The number of nitrogens with zero attached hydrogens (tertiary/aromatic N) is 1. The maximum Gasteiger partial charge on any atom is 1.00 e. The first-order chi connectivity index (χ1) is 16.4. The smallest absolute Gasteiger partial charge is 0.748 e. The Labute approximate surface area is 230 Å². The van der Waals surface area contributed by atoms with E-state index >= 15 is 0 Å². The van der Waals surface area contributed by atoms with Gasteiger partial charge in [-0.3, -0.25) is 0 Å². The Morgan fingerprint density at radius 2 is 1.18 bits per heavy atom. The number of alkyl halides is 16. The molecule has 0 amide bonds. The number of hydrogen-bond donors (Lipinski definition) is 1. The molecule has 0 spiro atoms. The van der Waals surface area contributed by atoms with Gasteiger partial charge in [0.25, 0.3) is 0 Å². The normalized spacial score (nSPS) is 16.0. The van der Waals surface area contributed by atoms with Crippen LogP contribution in [0.25, 0.3) is 0 Å². The quantitative estimate of drug-likeness (QED) is 0.150. The fourth-order valence-electron chi connectivity index (χ4n) is 2.35. The molecule has 1 unspecified atom stereocenters. The molecule has 0 aliphatic carbocycles. The molecule has 0 aromatic carbocycles. The van der Waals surface area contributed by atoms with Crippen LogP contribution in [0.15, 0.2) is 0 Å². The molecule has 0 aliphatic rings. The minimum absolute atomic E-state index is 0. The van der Waals surface area contributed by atoms with Crippen LogP contribution >= 0.6 is 0 Å². The van der Waals surface area contributed by atoms with Gasteiger partial charge in [0.2, 0.25) is 0 Å². The van der Waals surface area contributed by atoms with E-state index in [0.717, 1.165) is 11.9 Å². The molecule has 0 aromatic heterocycles. The van der Waals surface area contributed by atoms with E-state index < -0.39 is 96.2 Å². The second kappa shape index (κ2) is 12.9. The summed E-state index contributed by atoms with van der Waals surface area (Å²) in [6, 6.07) is 0. The summed E-state index contributed by atoms with van der Waals surface area (Å²) in [6.45, 7) is -6.03. The minimum atomic E-state index is -8.52. The standard InChI is InChI=1S/C15H17F16NO5S.Na/c1-32(2-3-38(34,35)36)4-7(33)5-37-6-9(18,19)11(22,23)13(26,27)15(30,31)14(28,29)12(24,25)10(20,21)8(16)17;/h7-8,33H,2-6H2,1H3,(H,34,35,36);/q;+1/p-1. The monoisotopic (exact) mass is 649 g/mol. The molecule has 0 aliphatic heterocycles. The summed E-state index contributed by atoms with van der Waals surface area (Å²) in [4.78, 5) is 0.822. The van der Waals surface area contributed by atoms with Crippen LogP contribution in [-0.4, -0.2) is 116 Å². The number of halogens is 16. The Kier molecular flexibility index (Phi) is 13.5. The third kappa shape index (κ3) is 8.15. The fraction of sp³-hybridized carbons (Fsp3) is 1.00. The molecule has 0 heterocycles. The van der Waals surface area contributed by atoms with Crippen molar-refractivity contribution < 1.29 is 123 Å². The summed E-state index contributed by atoms with van der Waals surface area (Å²) < 4.78 is 246. The first-order valence-electron chi connectivity index (χ1n) is 9.24. The Hall–Kier alpha value is -0.330. The molecule has 39 heavy (non-hydrogen) atoms. The van der Waals surface area contributed by atoms with Crippen LogP contribution in [0.2, 0.25) is 0 Å². The molecule has 0 radical (unpaired) electrons. The molecule has 0 fully saturated rings. The van der Waals surface area contributed by atoms with Crippen molar-refractivity contribution >= 4 is 10.1 Å². The van der Waals surface area contributed by atoms with Crippen LogP contribution in [0.4, 0.5) is 70.2 Å². The Morgan fingerprint density at radius 1 is 0.795 bits per heavy atom. The first-order valence-corrected chi connectivity index (χ1v) is 10.8. The van der Waals surface area contributed by atoms with E-state index in [4.69, 9.17) is 0 Å². The number of hydrogen-bond acceptors (Lipinski definition) is 6. The van der Waals surface area contributed by atoms with Crippen molar-refractivity contribution in [1.82, 2.24) is 4.90 Å². The molecule has 1 N–H and O–H groups in total. The zero-order chi connectivity index (χ0) is 31.0. The molecular formula is C15H16F16NNaO5S. The summed E-state index contributed by atoms with van der Waals surface area (Å²) in [6.07, 6.45) is -7.99. The molecule has 24 heteroatoms. The zero-order valence-electron chi connectivity index (χ0n) is 19.2. The van der Waals surface area contributed by atoms with Gasteiger partial charge in [0.05, 0.1) is 28.6 Å². The van der Waals surface area contributed by atoms with Gasteiger partial charge in [0, 0.05) is 13.1 Å². The fourth-order valence-corrected chi connectivity index (χ4v) is 2.89. The average molecular weight is 649 g/mol. The molecule has 0 aromatic rings. The second-order valence-electron chi connectivity index (χ2n) is 7.69. The van der Waals surface area contributed by atoms with Gasteiger partial charge >= 0.3 is 77.4 Å². The third-order valence-corrected chi connectivity index (χ3v) is 5.25. The van der Waals surface area contributed by atoms with Crippen LogP contribution in [0.1, 0.15) is 0 Å². The van der Waals surface area contributed by atoms with E-state index in [2.05, 4.69) is 4.74 Å². The number of aliphatic hydroxyl groups excluding tert-OH is 1. The number of likely N-dealkylation sites (N-methyl/N-ethyl adjacent to an activating group) is 1. The van der Waals surface area contributed by atoms with Crippen LogP contribution < -0.4 is 29.6 Å². The van der Waals surface area contributed by atoms with E-state index in [1.165, 1.54) is 0 Å². The maximum absolute atomic E-state index is 13.7. The summed E-state index contributed by atoms with van der Waals surface area (Å²) in [5, 5.41) is 9.45. The van der Waals surface area contributed by atoms with Crippen molar-refractivity contribution in [2.45, 2.75) is 54.0 Å². The van der Waals surface area contributed by atoms with Crippen molar-refractivity contribution in [3.8, 4) is 0 Å². The summed E-state index contributed by atoms with van der Waals surface area (Å²) in [7, 11) is -3.76. The summed E-state index contributed by atoms with van der Waals surface area (Å²) in [5.41, 5.74) is 0. The molecule has 0 bridgehead atoms. The summed E-state index contributed by atoms with van der Waals surface area (Å²) >= 11 is 0. The van der Waals surface area contributed by atoms with Gasteiger partial charge in [-0.2, -0.15) is 61.5 Å². The van der Waals surface area contributed by atoms with Crippen molar-refractivity contribution in [3.05, 3.63) is 0 Å². The molecule has 6 nitrogen and oxygen atoms in total. The minimum Gasteiger partial charge on any atom is -0.748 e. The van der Waals surface area contributed by atoms with Crippen molar-refractivity contribution in [1.29, 1.82) is 0 Å². The van der Waals surface area contributed by atoms with Gasteiger partial charge in [0.15, 0.2) is 0 Å². The molecule has 1 atom stereocenters. The predicted molar refractivity (Wildman–Crippen MR) is 89.5 cm³/mol. The Balaban J connectivity index is 0. The number of rotatable bonds is 16. The van der Waals surface area contributed by atoms with E-state index in [0.29, 0.717) is 0 Å². The Bertz CT molecular complexity index is 904. The summed E-state index contributed by atoms with van der Waals surface area (Å²) in [5.74, 6) is -56.5. The Morgan fingerprint density at radius 3 is 1.56 bits per heavy atom. The number of aliphatic hydroxyl groups is 1. The van der Waals surface area contributed by atoms with Gasteiger partial charge < -0.3 is 19.3 Å². The number of ether oxygens (including phenoxy) is 1. The zero-order valence-corrected chi connectivity index (χ0v) is 22.0. The van der Waals surface area contributed by atoms with E-state index in [-0.39, 0.29) is 29.6 Å². The van der Waals surface area contributed by atoms with Crippen LogP contribution in [0.5, 0.6) is 0 Å². The van der Waals surface area contributed by atoms with Crippen molar-refractivity contribution in [2.24, 2.45) is 0 Å². The molecule has 0 saturated heterocycles. The second-order valence-corrected chi connectivity index (χ2v) is 9.22. The largest absolute Gasteiger partial charge is 1.00 e. The van der Waals surface area contributed by atoms with E-state index in [1.807, 2.05) is 0 Å². The van der Waals surface area contributed by atoms with Crippen molar-refractivity contribution in [3.63, 3.8) is 0 Å². The van der Waals surface area contributed by atoms with Gasteiger partial charge in [-0.1, -0.05) is 0 Å². The van der Waals surface area contributed by atoms with Gasteiger partial charge in [-0.05, 0) is 7.05 Å². The van der Waals surface area contributed by atoms with Crippen LogP contribution in [0, 0.1) is 0 Å². The van der Waals surface area contributed by atoms with E-state index in [1.54, 1.807) is 0 Å². The average Bonchev–Trinajstić information content (AvgIpc) is 2.70. The molecule has 0 rings (SSSR count). The predicted octanol–water partition coefficient (Wildman–Crippen LogP) is 0.557. The van der Waals surface area contributed by atoms with Gasteiger partial charge in [-0.15, -0.1) is 0 Å². The van der Waals surface area contributed by atoms with Gasteiger partial charge in [0.1, 0.15) is 6.61 Å². The maximum atomic E-state index is 13.7. The molecular weight excluding hydrogens is 633 g/mol. The third-order valence-electron chi connectivity index (χ3n) is 4.57.